The van der Waals surface area contributed by atoms with E-state index in [2.05, 4.69) is 5.73 Å². The average molecular weight is 164 g/mol. The van der Waals surface area contributed by atoms with Gasteiger partial charge in [-0.1, -0.05) is 0 Å². The van der Waals surface area contributed by atoms with Gasteiger partial charge in [-0.3, -0.25) is 0 Å². The fourth-order valence-electron chi connectivity index (χ4n) is 1.31. The molecule has 1 aliphatic carbocycles. The van der Waals surface area contributed by atoms with Crippen LogP contribution in [0.5, 0.6) is 0 Å². The van der Waals surface area contributed by atoms with Gasteiger partial charge in [0.1, 0.15) is 5.28 Å². The Kier molecular flexibility index (Phi) is 1.90. The molecule has 1 saturated carbocycles. The fraction of sp³-hybridized carbons (Fsp3) is 1.00. The molecule has 0 amide bonds. The largest absolute Gasteiger partial charge is 0.806 e. The van der Waals surface area contributed by atoms with E-state index in [-0.39, 0.29) is 0 Å². The molecular formula is C5H11NO3P-. The second kappa shape index (κ2) is 2.31. The summed E-state index contributed by atoms with van der Waals surface area (Å²) in [7, 11) is -4.44. The van der Waals surface area contributed by atoms with Gasteiger partial charge >= 0.3 is 0 Å². The zero-order valence-electron chi connectivity index (χ0n) is 5.71. The highest BCUT2D eigenvalue weighted by Crippen LogP contribution is 2.47. The summed E-state index contributed by atoms with van der Waals surface area (Å²) in [5, 5.41) is -1.17. The van der Waals surface area contributed by atoms with E-state index in [0.717, 1.165) is 12.8 Å². The van der Waals surface area contributed by atoms with Crippen molar-refractivity contribution in [1.29, 1.82) is 0 Å². The van der Waals surface area contributed by atoms with Crippen molar-refractivity contribution in [3.05, 3.63) is 0 Å². The molecule has 10 heavy (non-hydrogen) atoms. The van der Waals surface area contributed by atoms with Crippen LogP contribution in [0.1, 0.15) is 25.7 Å². The Morgan fingerprint density at radius 2 is 1.70 bits per heavy atom. The van der Waals surface area contributed by atoms with Crippen molar-refractivity contribution in [3.63, 3.8) is 0 Å². The van der Waals surface area contributed by atoms with Gasteiger partial charge in [0.15, 0.2) is 0 Å². The van der Waals surface area contributed by atoms with Crippen LogP contribution < -0.4 is 15.5 Å². The molecule has 1 aliphatic rings. The summed E-state index contributed by atoms with van der Waals surface area (Å²) in [5.41, 5.74) is 3.45. The summed E-state index contributed by atoms with van der Waals surface area (Å²) in [6, 6.07) is 0. The molecule has 0 unspecified atom stereocenters. The van der Waals surface area contributed by atoms with E-state index in [1.54, 1.807) is 0 Å². The average Bonchev–Trinajstić information content (AvgIpc) is 2.13. The van der Waals surface area contributed by atoms with Crippen molar-refractivity contribution in [3.8, 4) is 0 Å². The summed E-state index contributed by atoms with van der Waals surface area (Å²) < 4.78 is 10.6. The number of rotatable bonds is 1. The van der Waals surface area contributed by atoms with Crippen molar-refractivity contribution in [2.75, 3.05) is 0 Å². The van der Waals surface area contributed by atoms with E-state index in [1.165, 1.54) is 0 Å². The van der Waals surface area contributed by atoms with Crippen LogP contribution in [0.2, 0.25) is 0 Å². The highest BCUT2D eigenvalue weighted by atomic mass is 31.2. The molecule has 0 aromatic heterocycles. The first-order chi connectivity index (χ1) is 4.46. The zero-order valence-corrected chi connectivity index (χ0v) is 6.60. The minimum absolute atomic E-state index is 0.442. The Morgan fingerprint density at radius 1 is 1.30 bits per heavy atom. The van der Waals surface area contributed by atoms with Gasteiger partial charge in [0.05, 0.1) is 0 Å². The van der Waals surface area contributed by atoms with Crippen LogP contribution in [-0.4, -0.2) is 5.28 Å². The van der Waals surface area contributed by atoms with Gasteiger partial charge in [0, 0.05) is 12.8 Å². The predicted molar refractivity (Wildman–Crippen MR) is 31.7 cm³/mol. The summed E-state index contributed by atoms with van der Waals surface area (Å²) in [4.78, 5) is 21.1. The molecule has 0 aliphatic heterocycles. The normalized spacial score (nSPS) is 25.1. The lowest BCUT2D eigenvalue weighted by atomic mass is 10.3. The molecule has 4 nitrogen and oxygen atoms in total. The van der Waals surface area contributed by atoms with Gasteiger partial charge in [-0.2, -0.15) is 0 Å². The lowest BCUT2D eigenvalue weighted by molar-refractivity contribution is -0.474. The van der Waals surface area contributed by atoms with E-state index in [9.17, 15) is 14.4 Å². The molecule has 0 bridgehead atoms. The molecular weight excluding hydrogens is 153 g/mol. The SMILES string of the molecule is [NH3+]C1(P(=O)([O-])[O-])CCCC1. The fourth-order valence-corrected chi connectivity index (χ4v) is 2.17. The third-order valence-corrected chi connectivity index (χ3v) is 3.72. The second-order valence-corrected chi connectivity index (χ2v) is 4.87. The smallest absolute Gasteiger partial charge is 0.120 e. The van der Waals surface area contributed by atoms with E-state index >= 15 is 0 Å². The molecule has 0 radical (unpaired) electrons. The lowest BCUT2D eigenvalue weighted by Crippen LogP contribution is -2.73. The van der Waals surface area contributed by atoms with Crippen LogP contribution in [0.3, 0.4) is 0 Å². The molecule has 3 N–H and O–H groups in total. The quantitative estimate of drug-likeness (QED) is 0.474. The standard InChI is InChI=1S/C5H12NO3P/c6-5(10(7,8)9)3-1-2-4-5/h1-4,6H2,(H2,7,8,9)/p-1. The van der Waals surface area contributed by atoms with Gasteiger partial charge in [-0.15, -0.1) is 0 Å². The predicted octanol–water partition coefficient (Wildman–Crippen LogP) is -1.59. The summed E-state index contributed by atoms with van der Waals surface area (Å²) >= 11 is 0. The molecule has 60 valence electrons. The van der Waals surface area contributed by atoms with Crippen LogP contribution in [0.4, 0.5) is 0 Å². The van der Waals surface area contributed by atoms with E-state index in [4.69, 9.17) is 0 Å². The molecule has 0 saturated heterocycles. The van der Waals surface area contributed by atoms with Gasteiger partial charge in [0.2, 0.25) is 0 Å². The molecule has 5 heteroatoms. The van der Waals surface area contributed by atoms with E-state index < -0.39 is 12.9 Å². The Bertz CT molecular complexity index is 170. The number of hydrogen-bond donors (Lipinski definition) is 1. The highest BCUT2D eigenvalue weighted by Gasteiger charge is 2.36. The van der Waals surface area contributed by atoms with Crippen molar-refractivity contribution in [2.45, 2.75) is 31.0 Å². The van der Waals surface area contributed by atoms with Crippen molar-refractivity contribution in [2.24, 2.45) is 0 Å². The first kappa shape index (κ1) is 8.21. The van der Waals surface area contributed by atoms with Gasteiger partial charge in [-0.25, -0.2) is 0 Å². The maximum atomic E-state index is 10.6. The van der Waals surface area contributed by atoms with Crippen LogP contribution in [0.25, 0.3) is 0 Å². The molecule has 0 heterocycles. The first-order valence-electron chi connectivity index (χ1n) is 3.33. The van der Waals surface area contributed by atoms with Gasteiger partial charge < -0.3 is 20.1 Å². The van der Waals surface area contributed by atoms with Gasteiger partial charge in [0.25, 0.3) is 0 Å². The Balaban J connectivity index is 2.78. The maximum absolute atomic E-state index is 10.6. The third kappa shape index (κ3) is 1.25. The van der Waals surface area contributed by atoms with E-state index in [1.807, 2.05) is 0 Å². The monoisotopic (exact) mass is 164 g/mol. The summed E-state index contributed by atoms with van der Waals surface area (Å²) in [6.07, 6.45) is 2.52. The summed E-state index contributed by atoms with van der Waals surface area (Å²) in [6.45, 7) is 0. The van der Waals surface area contributed by atoms with Crippen molar-refractivity contribution >= 4 is 7.60 Å². The number of quaternary nitrogens is 1. The summed E-state index contributed by atoms with van der Waals surface area (Å²) in [5.74, 6) is 0. The van der Waals surface area contributed by atoms with E-state index in [0.29, 0.717) is 12.8 Å². The topological polar surface area (TPSA) is 90.8 Å². The van der Waals surface area contributed by atoms with Crippen molar-refractivity contribution in [1.82, 2.24) is 0 Å². The zero-order chi connectivity index (χ0) is 7.83. The minimum Gasteiger partial charge on any atom is -0.806 e. The second-order valence-electron chi connectivity index (χ2n) is 2.93. The highest BCUT2D eigenvalue weighted by molar-refractivity contribution is 7.50. The molecule has 0 atom stereocenters. The third-order valence-electron chi connectivity index (χ3n) is 2.12. The van der Waals surface area contributed by atoms with Crippen LogP contribution in [-0.2, 0) is 4.57 Å². The molecule has 1 rings (SSSR count). The number of hydrogen-bond acceptors (Lipinski definition) is 3. The molecule has 0 spiro atoms. The first-order valence-corrected chi connectivity index (χ1v) is 4.87. The Labute approximate surface area is 59.6 Å². The van der Waals surface area contributed by atoms with Crippen LogP contribution in [0, 0.1) is 0 Å². The van der Waals surface area contributed by atoms with Crippen LogP contribution >= 0.6 is 7.60 Å². The lowest BCUT2D eigenvalue weighted by Gasteiger charge is -2.41. The molecule has 0 aromatic rings. The maximum Gasteiger partial charge on any atom is 0.120 e. The van der Waals surface area contributed by atoms with Crippen molar-refractivity contribution < 1.29 is 20.1 Å². The Hall–Kier alpha value is 0.110. The molecule has 0 aromatic carbocycles. The Morgan fingerprint density at radius 3 is 1.90 bits per heavy atom. The van der Waals surface area contributed by atoms with Gasteiger partial charge in [-0.05, 0) is 20.4 Å². The minimum atomic E-state index is -4.44. The molecule has 1 fully saturated rings. The van der Waals surface area contributed by atoms with Crippen LogP contribution in [0.15, 0.2) is 0 Å².